The first-order valence-electron chi connectivity index (χ1n) is 5.73. The van der Waals surface area contributed by atoms with Crippen LogP contribution < -0.4 is 0 Å². The molecular weight excluding hydrogens is 390 g/mol. The van der Waals surface area contributed by atoms with Gasteiger partial charge in [-0.2, -0.15) is 0 Å². The maximum Gasteiger partial charge on any atom is 0.248 e. The molecule has 0 N–H and O–H groups in total. The minimum absolute atomic E-state index is 0.0363. The fourth-order valence-electron chi connectivity index (χ4n) is 2.35. The SMILES string of the molecule is O=C(CC1CCCC(F)(F)C1)c1cc(Br)sc1Br. The monoisotopic (exact) mass is 400 g/mol. The molecule has 1 atom stereocenters. The fourth-order valence-corrected chi connectivity index (χ4v) is 5.21. The molecule has 6 heteroatoms. The quantitative estimate of drug-likeness (QED) is 0.596. The molecule has 1 nitrogen and oxygen atoms in total. The third-order valence-corrected chi connectivity index (χ3v) is 5.51. The zero-order valence-corrected chi connectivity index (χ0v) is 13.5. The number of thiophene rings is 1. The predicted molar refractivity (Wildman–Crippen MR) is 75.6 cm³/mol. The first-order valence-corrected chi connectivity index (χ1v) is 8.13. The van der Waals surface area contributed by atoms with Gasteiger partial charge in [-0.1, -0.05) is 0 Å². The number of rotatable bonds is 3. The van der Waals surface area contributed by atoms with E-state index in [1.54, 1.807) is 6.07 Å². The van der Waals surface area contributed by atoms with E-state index in [4.69, 9.17) is 0 Å². The molecule has 0 saturated heterocycles. The van der Waals surface area contributed by atoms with Gasteiger partial charge in [0.25, 0.3) is 0 Å². The number of alkyl halides is 2. The maximum absolute atomic E-state index is 13.3. The third kappa shape index (κ3) is 3.61. The van der Waals surface area contributed by atoms with Crippen molar-refractivity contribution in [2.75, 3.05) is 0 Å². The van der Waals surface area contributed by atoms with E-state index in [9.17, 15) is 13.6 Å². The highest BCUT2D eigenvalue weighted by Gasteiger charge is 2.37. The van der Waals surface area contributed by atoms with Crippen LogP contribution in [-0.4, -0.2) is 11.7 Å². The highest BCUT2D eigenvalue weighted by molar-refractivity contribution is 9.12. The van der Waals surface area contributed by atoms with Gasteiger partial charge in [-0.15, -0.1) is 11.3 Å². The molecule has 1 fully saturated rings. The molecular formula is C12H12Br2F2OS. The van der Waals surface area contributed by atoms with Gasteiger partial charge in [-0.25, -0.2) is 8.78 Å². The van der Waals surface area contributed by atoms with Crippen LogP contribution in [0.3, 0.4) is 0 Å². The van der Waals surface area contributed by atoms with E-state index in [2.05, 4.69) is 31.9 Å². The molecule has 0 amide bonds. The van der Waals surface area contributed by atoms with Gasteiger partial charge in [0.1, 0.15) is 0 Å². The number of hydrogen-bond donors (Lipinski definition) is 0. The summed E-state index contributed by atoms with van der Waals surface area (Å²) in [6.45, 7) is 0. The van der Waals surface area contributed by atoms with Crippen LogP contribution in [0.1, 0.15) is 42.5 Å². The molecule has 1 aromatic heterocycles. The molecule has 0 radical (unpaired) electrons. The Labute approximate surface area is 125 Å². The number of hydrogen-bond acceptors (Lipinski definition) is 2. The lowest BCUT2D eigenvalue weighted by Gasteiger charge is -2.28. The zero-order chi connectivity index (χ0) is 13.3. The van der Waals surface area contributed by atoms with Crippen molar-refractivity contribution in [1.29, 1.82) is 0 Å². The number of Topliss-reactive ketones (excluding diaryl/α,β-unsaturated/α-hetero) is 1. The molecule has 2 rings (SSSR count). The second-order valence-corrected chi connectivity index (χ2v) is 8.43. The molecule has 18 heavy (non-hydrogen) atoms. The van der Waals surface area contributed by atoms with Gasteiger partial charge in [0.05, 0.1) is 7.57 Å². The van der Waals surface area contributed by atoms with E-state index in [-0.39, 0.29) is 31.0 Å². The molecule has 0 bridgehead atoms. The van der Waals surface area contributed by atoms with Gasteiger partial charge < -0.3 is 0 Å². The maximum atomic E-state index is 13.3. The molecule has 1 aliphatic rings. The largest absolute Gasteiger partial charge is 0.294 e. The summed E-state index contributed by atoms with van der Waals surface area (Å²) in [5, 5.41) is 0. The second kappa shape index (κ2) is 5.67. The highest BCUT2D eigenvalue weighted by Crippen LogP contribution is 2.39. The topological polar surface area (TPSA) is 17.1 Å². The van der Waals surface area contributed by atoms with Crippen LogP contribution in [0.15, 0.2) is 13.6 Å². The molecule has 0 aliphatic heterocycles. The summed E-state index contributed by atoms with van der Waals surface area (Å²) in [7, 11) is 0. The van der Waals surface area contributed by atoms with Gasteiger partial charge >= 0.3 is 0 Å². The normalized spacial score (nSPS) is 23.0. The van der Waals surface area contributed by atoms with E-state index in [0.717, 1.165) is 14.0 Å². The van der Waals surface area contributed by atoms with Crippen LogP contribution in [0.4, 0.5) is 8.78 Å². The van der Waals surface area contributed by atoms with Gasteiger partial charge in [0.2, 0.25) is 5.92 Å². The Morgan fingerprint density at radius 1 is 1.50 bits per heavy atom. The smallest absolute Gasteiger partial charge is 0.248 e. The van der Waals surface area contributed by atoms with E-state index < -0.39 is 5.92 Å². The van der Waals surface area contributed by atoms with Crippen molar-refractivity contribution in [2.24, 2.45) is 5.92 Å². The van der Waals surface area contributed by atoms with Crippen molar-refractivity contribution in [3.8, 4) is 0 Å². The molecule has 0 spiro atoms. The Hall–Kier alpha value is 0.190. The Bertz CT molecular complexity index is 459. The van der Waals surface area contributed by atoms with Crippen LogP contribution >= 0.6 is 43.2 Å². The molecule has 1 unspecified atom stereocenters. The summed E-state index contributed by atoms with van der Waals surface area (Å²) >= 11 is 8.06. The van der Waals surface area contributed by atoms with Crippen LogP contribution in [-0.2, 0) is 0 Å². The third-order valence-electron chi connectivity index (χ3n) is 3.17. The van der Waals surface area contributed by atoms with Crippen molar-refractivity contribution >= 4 is 49.0 Å². The summed E-state index contributed by atoms with van der Waals surface area (Å²) in [5.74, 6) is -2.83. The number of halogens is 4. The summed E-state index contributed by atoms with van der Waals surface area (Å²) in [6, 6.07) is 1.75. The Morgan fingerprint density at radius 3 is 2.78 bits per heavy atom. The molecule has 0 aromatic carbocycles. The molecule has 100 valence electrons. The first kappa shape index (κ1) is 14.6. The fraction of sp³-hybridized carbons (Fsp3) is 0.583. The summed E-state index contributed by atoms with van der Waals surface area (Å²) < 4.78 is 28.2. The average molecular weight is 402 g/mol. The molecule has 1 aromatic rings. The standard InChI is InChI=1S/C12H12Br2F2OS/c13-10-5-8(11(14)18-10)9(17)4-7-2-1-3-12(15,16)6-7/h5,7H,1-4,6H2. The van der Waals surface area contributed by atoms with Crippen LogP contribution in [0.2, 0.25) is 0 Å². The first-order chi connectivity index (χ1) is 8.37. The number of carbonyl (C=O) groups is 1. The van der Waals surface area contributed by atoms with Crippen molar-refractivity contribution in [3.05, 3.63) is 19.2 Å². The van der Waals surface area contributed by atoms with Gasteiger partial charge in [0.15, 0.2) is 5.78 Å². The molecule has 1 aliphatic carbocycles. The second-order valence-electron chi connectivity index (χ2n) is 4.68. The van der Waals surface area contributed by atoms with E-state index >= 15 is 0 Å². The zero-order valence-electron chi connectivity index (χ0n) is 9.52. The Kier molecular flexibility index (Phi) is 4.60. The number of carbonyl (C=O) groups excluding carboxylic acids is 1. The average Bonchev–Trinajstić information content (AvgIpc) is 2.56. The van der Waals surface area contributed by atoms with Crippen molar-refractivity contribution in [3.63, 3.8) is 0 Å². The van der Waals surface area contributed by atoms with E-state index in [1.165, 1.54) is 11.3 Å². The minimum atomic E-state index is -2.59. The highest BCUT2D eigenvalue weighted by atomic mass is 79.9. The predicted octanol–water partition coefficient (Wildman–Crippen LogP) is 5.67. The van der Waals surface area contributed by atoms with Crippen molar-refractivity contribution < 1.29 is 13.6 Å². The Balaban J connectivity index is 2.01. The lowest BCUT2D eigenvalue weighted by molar-refractivity contribution is -0.0521. The van der Waals surface area contributed by atoms with Crippen LogP contribution in [0, 0.1) is 5.92 Å². The van der Waals surface area contributed by atoms with Gasteiger partial charge in [-0.3, -0.25) is 4.79 Å². The lowest BCUT2D eigenvalue weighted by atomic mass is 9.83. The lowest BCUT2D eigenvalue weighted by Crippen LogP contribution is -2.27. The van der Waals surface area contributed by atoms with E-state index in [0.29, 0.717) is 12.0 Å². The summed E-state index contributed by atoms with van der Waals surface area (Å²) in [6.07, 6.45) is 1.27. The summed E-state index contributed by atoms with van der Waals surface area (Å²) in [4.78, 5) is 12.1. The molecule has 1 heterocycles. The summed E-state index contributed by atoms with van der Waals surface area (Å²) in [5.41, 5.74) is 0.598. The van der Waals surface area contributed by atoms with Crippen molar-refractivity contribution in [1.82, 2.24) is 0 Å². The van der Waals surface area contributed by atoms with E-state index in [1.807, 2.05) is 0 Å². The molecule has 1 saturated carbocycles. The Morgan fingerprint density at radius 2 is 2.22 bits per heavy atom. The number of ketones is 1. The van der Waals surface area contributed by atoms with Crippen LogP contribution in [0.25, 0.3) is 0 Å². The van der Waals surface area contributed by atoms with Crippen LogP contribution in [0.5, 0.6) is 0 Å². The van der Waals surface area contributed by atoms with Gasteiger partial charge in [0, 0.05) is 24.8 Å². The minimum Gasteiger partial charge on any atom is -0.294 e. The van der Waals surface area contributed by atoms with Gasteiger partial charge in [-0.05, 0) is 56.7 Å². The van der Waals surface area contributed by atoms with Crippen molar-refractivity contribution in [2.45, 2.75) is 38.0 Å².